The van der Waals surface area contributed by atoms with E-state index in [-0.39, 0.29) is 0 Å². The van der Waals surface area contributed by atoms with Gasteiger partial charge in [-0.05, 0) is 24.9 Å². The van der Waals surface area contributed by atoms with Crippen molar-refractivity contribution >= 4 is 11.5 Å². The summed E-state index contributed by atoms with van der Waals surface area (Å²) in [5.41, 5.74) is 0.962. The van der Waals surface area contributed by atoms with Gasteiger partial charge in [0, 0.05) is 0 Å². The molecule has 0 aliphatic heterocycles. The molecule has 0 aromatic carbocycles. The molecule has 2 rings (SSSR count). The Hall–Kier alpha value is -1.30. The monoisotopic (exact) mass is 195 g/mol. The van der Waals surface area contributed by atoms with Crippen LogP contribution in [0.1, 0.15) is 18.4 Å². The molecule has 1 N–H and O–H groups in total. The average molecular weight is 195 g/mol. The predicted molar refractivity (Wildman–Crippen MR) is 49.4 cm³/mol. The van der Waals surface area contributed by atoms with Gasteiger partial charge < -0.3 is 0 Å². The zero-order chi connectivity index (χ0) is 9.26. The minimum Gasteiger partial charge on any atom is -0.263 e. The van der Waals surface area contributed by atoms with Gasteiger partial charge in [0.15, 0.2) is 5.82 Å². The first-order valence-electron chi connectivity index (χ1n) is 4.02. The fourth-order valence-corrected chi connectivity index (χ4v) is 1.74. The van der Waals surface area contributed by atoms with Crippen LogP contribution >= 0.6 is 11.5 Å². The zero-order valence-corrected chi connectivity index (χ0v) is 8.22. The van der Waals surface area contributed by atoms with Gasteiger partial charge in [0.1, 0.15) is 10.7 Å². The maximum Gasteiger partial charge on any atom is 0.194 e. The Morgan fingerprint density at radius 1 is 1.46 bits per heavy atom. The minimum absolute atomic E-state index is 0.698. The standard InChI is InChI=1S/C7H9N5S/c1-3-5-6(13-12-10-5)7-8-4(2)9-11-7/h3H2,1-2H3,(H,8,9,11). The molecule has 2 aromatic rings. The fourth-order valence-electron chi connectivity index (χ4n) is 1.05. The van der Waals surface area contributed by atoms with E-state index >= 15 is 0 Å². The Labute approximate surface area is 79.4 Å². The van der Waals surface area contributed by atoms with Gasteiger partial charge in [0.25, 0.3) is 0 Å². The van der Waals surface area contributed by atoms with E-state index in [1.54, 1.807) is 0 Å². The molecule has 68 valence electrons. The molecule has 0 atom stereocenters. The van der Waals surface area contributed by atoms with Crippen LogP contribution in [0.15, 0.2) is 0 Å². The van der Waals surface area contributed by atoms with Crippen LogP contribution in [0.2, 0.25) is 0 Å². The highest BCUT2D eigenvalue weighted by atomic mass is 32.1. The van der Waals surface area contributed by atoms with Crippen molar-refractivity contribution in [2.24, 2.45) is 0 Å². The number of aromatic nitrogens is 5. The van der Waals surface area contributed by atoms with E-state index in [2.05, 4.69) is 24.8 Å². The van der Waals surface area contributed by atoms with Gasteiger partial charge in [-0.3, -0.25) is 5.10 Å². The van der Waals surface area contributed by atoms with Crippen LogP contribution in [-0.4, -0.2) is 24.8 Å². The van der Waals surface area contributed by atoms with Crippen molar-refractivity contribution in [2.45, 2.75) is 20.3 Å². The molecule has 0 saturated heterocycles. The SMILES string of the molecule is CCc1nnsc1-c1n[nH]c(C)n1. The van der Waals surface area contributed by atoms with Crippen molar-refractivity contribution in [3.05, 3.63) is 11.5 Å². The first-order chi connectivity index (χ1) is 6.31. The van der Waals surface area contributed by atoms with Crippen LogP contribution in [0.4, 0.5) is 0 Å². The quantitative estimate of drug-likeness (QED) is 0.781. The molecule has 0 unspecified atom stereocenters. The second kappa shape index (κ2) is 3.21. The Morgan fingerprint density at radius 2 is 2.31 bits per heavy atom. The molecule has 2 heterocycles. The normalized spacial score (nSPS) is 10.6. The number of nitrogens with zero attached hydrogens (tertiary/aromatic N) is 4. The van der Waals surface area contributed by atoms with Crippen LogP contribution < -0.4 is 0 Å². The molecule has 0 aliphatic carbocycles. The summed E-state index contributed by atoms with van der Waals surface area (Å²) in [5, 5.41) is 10.9. The molecule has 13 heavy (non-hydrogen) atoms. The van der Waals surface area contributed by atoms with Gasteiger partial charge in [-0.2, -0.15) is 5.10 Å². The third-order valence-electron chi connectivity index (χ3n) is 1.69. The first-order valence-corrected chi connectivity index (χ1v) is 4.79. The van der Waals surface area contributed by atoms with Crippen molar-refractivity contribution in [1.29, 1.82) is 0 Å². The Morgan fingerprint density at radius 3 is 2.92 bits per heavy atom. The Balaban J connectivity index is 2.45. The molecule has 0 radical (unpaired) electrons. The average Bonchev–Trinajstić information content (AvgIpc) is 2.71. The third kappa shape index (κ3) is 1.44. The summed E-state index contributed by atoms with van der Waals surface area (Å²) >= 11 is 1.33. The highest BCUT2D eigenvalue weighted by Crippen LogP contribution is 2.22. The van der Waals surface area contributed by atoms with E-state index in [1.807, 2.05) is 13.8 Å². The third-order valence-corrected chi connectivity index (χ3v) is 2.46. The number of aromatic amines is 1. The molecule has 0 spiro atoms. The molecular weight excluding hydrogens is 186 g/mol. The van der Waals surface area contributed by atoms with E-state index < -0.39 is 0 Å². The number of hydrogen-bond acceptors (Lipinski definition) is 5. The van der Waals surface area contributed by atoms with Crippen LogP contribution in [0.5, 0.6) is 0 Å². The van der Waals surface area contributed by atoms with E-state index in [0.29, 0.717) is 5.82 Å². The number of aryl methyl sites for hydroxylation is 2. The molecule has 0 fully saturated rings. The van der Waals surface area contributed by atoms with Crippen molar-refractivity contribution < 1.29 is 0 Å². The zero-order valence-electron chi connectivity index (χ0n) is 7.40. The highest BCUT2D eigenvalue weighted by molar-refractivity contribution is 7.09. The van der Waals surface area contributed by atoms with E-state index in [0.717, 1.165) is 22.8 Å². The van der Waals surface area contributed by atoms with E-state index in [1.165, 1.54) is 11.5 Å². The van der Waals surface area contributed by atoms with Gasteiger partial charge in [0.2, 0.25) is 0 Å². The number of hydrogen-bond donors (Lipinski definition) is 1. The van der Waals surface area contributed by atoms with Gasteiger partial charge in [0.05, 0.1) is 5.69 Å². The van der Waals surface area contributed by atoms with Gasteiger partial charge in [-0.25, -0.2) is 4.98 Å². The lowest BCUT2D eigenvalue weighted by atomic mass is 10.3. The number of H-pyrrole nitrogens is 1. The minimum atomic E-state index is 0.698. The largest absolute Gasteiger partial charge is 0.263 e. The number of rotatable bonds is 2. The number of nitrogens with one attached hydrogen (secondary N) is 1. The topological polar surface area (TPSA) is 67.3 Å². The van der Waals surface area contributed by atoms with Gasteiger partial charge in [-0.1, -0.05) is 11.4 Å². The summed E-state index contributed by atoms with van der Waals surface area (Å²) in [7, 11) is 0. The smallest absolute Gasteiger partial charge is 0.194 e. The summed E-state index contributed by atoms with van der Waals surface area (Å²) in [5.74, 6) is 1.51. The van der Waals surface area contributed by atoms with Gasteiger partial charge in [-0.15, -0.1) is 5.10 Å². The molecule has 0 amide bonds. The molecule has 6 heteroatoms. The lowest BCUT2D eigenvalue weighted by molar-refractivity contribution is 0.987. The summed E-state index contributed by atoms with van der Waals surface area (Å²) in [6, 6.07) is 0. The fraction of sp³-hybridized carbons (Fsp3) is 0.429. The molecule has 5 nitrogen and oxygen atoms in total. The van der Waals surface area contributed by atoms with Crippen LogP contribution in [-0.2, 0) is 6.42 Å². The molecular formula is C7H9N5S. The maximum atomic E-state index is 4.23. The van der Waals surface area contributed by atoms with Crippen molar-refractivity contribution in [2.75, 3.05) is 0 Å². The van der Waals surface area contributed by atoms with Gasteiger partial charge >= 0.3 is 0 Å². The molecule has 0 bridgehead atoms. The van der Waals surface area contributed by atoms with Crippen LogP contribution in [0, 0.1) is 6.92 Å². The predicted octanol–water partition coefficient (Wildman–Crippen LogP) is 1.19. The van der Waals surface area contributed by atoms with Crippen LogP contribution in [0.3, 0.4) is 0 Å². The van der Waals surface area contributed by atoms with Crippen molar-refractivity contribution in [3.63, 3.8) is 0 Å². The summed E-state index contributed by atoms with van der Waals surface area (Å²) < 4.78 is 3.88. The maximum absolute atomic E-state index is 4.23. The lowest BCUT2D eigenvalue weighted by Crippen LogP contribution is -1.85. The van der Waals surface area contributed by atoms with E-state index in [9.17, 15) is 0 Å². The van der Waals surface area contributed by atoms with Crippen molar-refractivity contribution in [1.82, 2.24) is 24.8 Å². The summed E-state index contributed by atoms with van der Waals surface area (Å²) in [6.45, 7) is 3.91. The Kier molecular flexibility index (Phi) is 2.05. The second-order valence-electron chi connectivity index (χ2n) is 2.65. The first kappa shape index (κ1) is 8.31. The summed E-state index contributed by atoms with van der Waals surface area (Å²) in [6.07, 6.45) is 0.861. The van der Waals surface area contributed by atoms with Crippen molar-refractivity contribution in [3.8, 4) is 10.7 Å². The van der Waals surface area contributed by atoms with Crippen LogP contribution in [0.25, 0.3) is 10.7 Å². The highest BCUT2D eigenvalue weighted by Gasteiger charge is 2.12. The second-order valence-corrected chi connectivity index (χ2v) is 3.40. The Bertz CT molecular complexity index is 404. The molecule has 2 aromatic heterocycles. The lowest BCUT2D eigenvalue weighted by Gasteiger charge is -1.89. The van der Waals surface area contributed by atoms with E-state index in [4.69, 9.17) is 0 Å². The summed E-state index contributed by atoms with van der Waals surface area (Å²) in [4.78, 5) is 5.19. The molecule has 0 saturated carbocycles. The molecule has 0 aliphatic rings.